The highest BCUT2D eigenvalue weighted by atomic mass is 16.4. The van der Waals surface area contributed by atoms with Gasteiger partial charge < -0.3 is 14.2 Å². The second-order valence-corrected chi connectivity index (χ2v) is 5.69. The second kappa shape index (κ2) is 5.93. The van der Waals surface area contributed by atoms with Gasteiger partial charge in [0.1, 0.15) is 11.1 Å². The fourth-order valence-electron chi connectivity index (χ4n) is 3.05. The molecule has 1 aromatic carbocycles. The molecule has 0 atom stereocenters. The van der Waals surface area contributed by atoms with Crippen LogP contribution in [0.3, 0.4) is 0 Å². The molecule has 22 heavy (non-hydrogen) atoms. The SMILES string of the molecule is CCN1CCN(c2c(C=O)c(=O)oc3ccc(C)cc23)CC1. The minimum Gasteiger partial charge on any atom is -0.422 e. The number of hydrogen-bond donors (Lipinski definition) is 0. The molecule has 1 aliphatic heterocycles. The van der Waals surface area contributed by atoms with Gasteiger partial charge in [0.15, 0.2) is 6.29 Å². The first-order valence-corrected chi connectivity index (χ1v) is 7.64. The monoisotopic (exact) mass is 300 g/mol. The molecule has 0 spiro atoms. The van der Waals surface area contributed by atoms with Crippen LogP contribution in [-0.2, 0) is 0 Å². The Hall–Kier alpha value is -2.14. The molecule has 3 rings (SSSR count). The third-order valence-electron chi connectivity index (χ3n) is 4.32. The zero-order valence-electron chi connectivity index (χ0n) is 13.0. The Morgan fingerprint density at radius 1 is 1.23 bits per heavy atom. The van der Waals surface area contributed by atoms with Crippen molar-refractivity contribution >= 4 is 22.9 Å². The molecule has 0 saturated carbocycles. The summed E-state index contributed by atoms with van der Waals surface area (Å²) in [6.07, 6.45) is 0.620. The number of fused-ring (bicyclic) bond motifs is 1. The Balaban J connectivity index is 2.15. The predicted molar refractivity (Wildman–Crippen MR) is 86.9 cm³/mol. The van der Waals surface area contributed by atoms with Gasteiger partial charge in [-0.25, -0.2) is 4.79 Å². The van der Waals surface area contributed by atoms with E-state index in [2.05, 4.69) is 16.7 Å². The van der Waals surface area contributed by atoms with Crippen LogP contribution in [0.2, 0.25) is 0 Å². The van der Waals surface area contributed by atoms with Crippen LogP contribution in [0, 0.1) is 6.92 Å². The van der Waals surface area contributed by atoms with Crippen molar-refractivity contribution in [1.82, 2.24) is 4.90 Å². The van der Waals surface area contributed by atoms with E-state index in [1.165, 1.54) is 0 Å². The van der Waals surface area contributed by atoms with Crippen LogP contribution in [0.25, 0.3) is 11.0 Å². The lowest BCUT2D eigenvalue weighted by molar-refractivity contribution is 0.112. The summed E-state index contributed by atoms with van der Waals surface area (Å²) in [4.78, 5) is 28.0. The predicted octanol–water partition coefficient (Wildman–Crippen LogP) is 2.06. The molecule has 0 amide bonds. The third-order valence-corrected chi connectivity index (χ3v) is 4.32. The van der Waals surface area contributed by atoms with E-state index in [9.17, 15) is 9.59 Å². The molecule has 0 radical (unpaired) electrons. The number of rotatable bonds is 3. The summed E-state index contributed by atoms with van der Waals surface area (Å²) in [5.41, 5.74) is 1.91. The molecule has 1 aromatic heterocycles. The maximum atomic E-state index is 12.1. The topological polar surface area (TPSA) is 53.8 Å². The molecule has 1 aliphatic rings. The van der Waals surface area contributed by atoms with E-state index in [1.807, 2.05) is 19.1 Å². The van der Waals surface area contributed by atoms with Gasteiger partial charge in [-0.1, -0.05) is 18.6 Å². The smallest absolute Gasteiger partial charge is 0.349 e. The molecule has 5 nitrogen and oxygen atoms in total. The second-order valence-electron chi connectivity index (χ2n) is 5.69. The normalized spacial score (nSPS) is 16.2. The van der Waals surface area contributed by atoms with Crippen molar-refractivity contribution in [3.63, 3.8) is 0 Å². The Morgan fingerprint density at radius 3 is 2.59 bits per heavy atom. The maximum absolute atomic E-state index is 12.1. The zero-order chi connectivity index (χ0) is 15.7. The zero-order valence-corrected chi connectivity index (χ0v) is 13.0. The fourth-order valence-corrected chi connectivity index (χ4v) is 3.05. The van der Waals surface area contributed by atoms with Crippen LogP contribution < -0.4 is 10.5 Å². The lowest BCUT2D eigenvalue weighted by atomic mass is 10.1. The molecule has 1 fully saturated rings. The maximum Gasteiger partial charge on any atom is 0.349 e. The molecule has 0 N–H and O–H groups in total. The molecule has 0 bridgehead atoms. The minimum absolute atomic E-state index is 0.128. The van der Waals surface area contributed by atoms with Gasteiger partial charge >= 0.3 is 5.63 Å². The van der Waals surface area contributed by atoms with Crippen LogP contribution in [0.15, 0.2) is 27.4 Å². The summed E-state index contributed by atoms with van der Waals surface area (Å²) in [6.45, 7) is 8.63. The van der Waals surface area contributed by atoms with Crippen LogP contribution in [-0.4, -0.2) is 43.9 Å². The van der Waals surface area contributed by atoms with Gasteiger partial charge in [-0.15, -0.1) is 0 Å². The number of nitrogens with zero attached hydrogens (tertiary/aromatic N) is 2. The number of carbonyl (C=O) groups excluding carboxylic acids is 1. The van der Waals surface area contributed by atoms with Crippen LogP contribution in [0.5, 0.6) is 0 Å². The Kier molecular flexibility index (Phi) is 3.98. The van der Waals surface area contributed by atoms with E-state index in [0.717, 1.165) is 49.4 Å². The molecule has 1 saturated heterocycles. The number of benzene rings is 1. The first-order valence-electron chi connectivity index (χ1n) is 7.64. The molecule has 0 aliphatic carbocycles. The summed E-state index contributed by atoms with van der Waals surface area (Å²) in [5, 5.41) is 0.839. The van der Waals surface area contributed by atoms with Gasteiger partial charge in [-0.2, -0.15) is 0 Å². The lowest BCUT2D eigenvalue weighted by Gasteiger charge is -2.36. The number of aryl methyl sites for hydroxylation is 1. The molecule has 2 heterocycles. The number of hydrogen-bond acceptors (Lipinski definition) is 5. The van der Waals surface area contributed by atoms with Crippen LogP contribution >= 0.6 is 0 Å². The molecule has 5 heteroatoms. The van der Waals surface area contributed by atoms with E-state index in [4.69, 9.17) is 4.42 Å². The summed E-state index contributed by atoms with van der Waals surface area (Å²) < 4.78 is 5.29. The van der Waals surface area contributed by atoms with E-state index in [0.29, 0.717) is 11.9 Å². The molecular formula is C17H20N2O3. The summed E-state index contributed by atoms with van der Waals surface area (Å²) in [7, 11) is 0. The fraction of sp³-hybridized carbons (Fsp3) is 0.412. The van der Waals surface area contributed by atoms with Gasteiger partial charge in [0.2, 0.25) is 0 Å². The number of aldehydes is 1. The molecule has 116 valence electrons. The average molecular weight is 300 g/mol. The van der Waals surface area contributed by atoms with Crippen molar-refractivity contribution in [2.24, 2.45) is 0 Å². The first-order chi connectivity index (χ1) is 10.6. The molecule has 0 unspecified atom stereocenters. The van der Waals surface area contributed by atoms with Crippen molar-refractivity contribution in [1.29, 1.82) is 0 Å². The van der Waals surface area contributed by atoms with Crippen molar-refractivity contribution in [3.05, 3.63) is 39.7 Å². The van der Waals surface area contributed by atoms with Crippen molar-refractivity contribution in [2.45, 2.75) is 13.8 Å². The van der Waals surface area contributed by atoms with Crippen LogP contribution in [0.1, 0.15) is 22.8 Å². The lowest BCUT2D eigenvalue weighted by Crippen LogP contribution is -2.46. The van der Waals surface area contributed by atoms with Crippen molar-refractivity contribution < 1.29 is 9.21 Å². The largest absolute Gasteiger partial charge is 0.422 e. The number of carbonyl (C=O) groups is 1. The Labute approximate surface area is 129 Å². The summed E-state index contributed by atoms with van der Waals surface area (Å²) in [6, 6.07) is 5.68. The highest BCUT2D eigenvalue weighted by molar-refractivity contribution is 5.99. The first kappa shape index (κ1) is 14.8. The average Bonchev–Trinajstić information content (AvgIpc) is 2.54. The van der Waals surface area contributed by atoms with E-state index in [1.54, 1.807) is 6.07 Å². The third kappa shape index (κ3) is 2.52. The molecule has 2 aromatic rings. The van der Waals surface area contributed by atoms with Gasteiger partial charge in [0, 0.05) is 31.6 Å². The minimum atomic E-state index is -0.556. The van der Waals surface area contributed by atoms with Crippen molar-refractivity contribution in [3.8, 4) is 0 Å². The van der Waals surface area contributed by atoms with E-state index >= 15 is 0 Å². The highest BCUT2D eigenvalue weighted by Crippen LogP contribution is 2.29. The van der Waals surface area contributed by atoms with Gasteiger partial charge in [0.25, 0.3) is 0 Å². The van der Waals surface area contributed by atoms with Gasteiger partial charge in [0.05, 0.1) is 5.69 Å². The highest BCUT2D eigenvalue weighted by Gasteiger charge is 2.23. The summed E-state index contributed by atoms with van der Waals surface area (Å²) >= 11 is 0. The Morgan fingerprint density at radius 2 is 1.95 bits per heavy atom. The van der Waals surface area contributed by atoms with Gasteiger partial charge in [-0.05, 0) is 25.6 Å². The quantitative estimate of drug-likeness (QED) is 0.641. The van der Waals surface area contributed by atoms with Gasteiger partial charge in [-0.3, -0.25) is 4.79 Å². The number of piperazine rings is 1. The molecular weight excluding hydrogens is 280 g/mol. The number of likely N-dealkylation sites (N-methyl/N-ethyl adjacent to an activating group) is 1. The summed E-state index contributed by atoms with van der Waals surface area (Å²) in [5.74, 6) is 0. The Bertz CT molecular complexity index is 758. The van der Waals surface area contributed by atoms with E-state index < -0.39 is 5.63 Å². The van der Waals surface area contributed by atoms with Crippen molar-refractivity contribution in [2.75, 3.05) is 37.6 Å². The van der Waals surface area contributed by atoms with Crippen LogP contribution in [0.4, 0.5) is 5.69 Å². The standard InChI is InChI=1S/C17H20N2O3/c1-3-18-6-8-19(9-7-18)16-13-10-12(2)4-5-15(13)22-17(21)14(16)11-20/h4-5,10-11H,3,6-9H2,1-2H3. The van der Waals surface area contributed by atoms with E-state index in [-0.39, 0.29) is 5.56 Å². The number of anilines is 1.